The fourth-order valence-corrected chi connectivity index (χ4v) is 3.33. The molecule has 0 aliphatic heterocycles. The van der Waals surface area contributed by atoms with E-state index in [9.17, 15) is 0 Å². The van der Waals surface area contributed by atoms with Crippen LogP contribution in [0.5, 0.6) is 0 Å². The molecule has 0 saturated carbocycles. The molecular weight excluding hydrogens is 431 g/mol. The predicted molar refractivity (Wildman–Crippen MR) is 114 cm³/mol. The minimum Gasteiger partial charge on any atom is -1.00 e. The van der Waals surface area contributed by atoms with Crippen LogP contribution in [0.4, 0.5) is 0 Å². The Morgan fingerprint density at radius 3 is 1.17 bits per heavy atom. The summed E-state index contributed by atoms with van der Waals surface area (Å²) in [6, 6.07) is 34.1. The Labute approximate surface area is 202 Å². The van der Waals surface area contributed by atoms with Crippen molar-refractivity contribution in [1.82, 2.24) is 0 Å². The van der Waals surface area contributed by atoms with Gasteiger partial charge in [0.1, 0.15) is 0 Å². The molecule has 0 aliphatic carbocycles. The third-order valence-corrected chi connectivity index (χ3v) is 4.74. The first-order valence-corrected chi connectivity index (χ1v) is 9.43. The summed E-state index contributed by atoms with van der Waals surface area (Å²) in [6.45, 7) is 4.39. The maximum absolute atomic E-state index is 2.20. The van der Waals surface area contributed by atoms with Gasteiger partial charge in [-0.05, 0) is 12.8 Å². The molecule has 0 aromatic heterocycles. The molecule has 0 N–H and O–H groups in total. The molecule has 0 amide bonds. The first kappa shape index (κ1) is 27.4. The van der Waals surface area contributed by atoms with Crippen LogP contribution >= 0.6 is 0 Å². The first-order valence-electron chi connectivity index (χ1n) is 9.43. The average molecular weight is 457 g/mol. The van der Waals surface area contributed by atoms with E-state index in [-0.39, 0.29) is 46.5 Å². The Hall–Kier alpha value is -1.57. The van der Waals surface area contributed by atoms with Crippen molar-refractivity contribution >= 4 is 0 Å². The molecular formula is C26H26Cl2Ti. The third-order valence-electron chi connectivity index (χ3n) is 4.74. The quantitative estimate of drug-likeness (QED) is 0.320. The van der Waals surface area contributed by atoms with E-state index in [1.807, 2.05) is 0 Å². The second-order valence-electron chi connectivity index (χ2n) is 6.37. The van der Waals surface area contributed by atoms with Gasteiger partial charge >= 0.3 is 21.7 Å². The number of aryl methyl sites for hydroxylation is 2. The standard InChI is InChI=1S/2C13H13.2ClH.Ti/c2*1-2-11-9-6-10-13(11)12-7-4-3-5-8-12;;;/h2*3-10H,2H2,1H3;2*1H;/q2*-1;;;+4/p-2. The molecule has 29 heavy (non-hydrogen) atoms. The summed E-state index contributed by atoms with van der Waals surface area (Å²) in [6.07, 6.45) is 2.22. The van der Waals surface area contributed by atoms with Gasteiger partial charge in [0.15, 0.2) is 0 Å². The number of benzene rings is 2. The third kappa shape index (κ3) is 7.32. The zero-order chi connectivity index (χ0) is 18.2. The van der Waals surface area contributed by atoms with E-state index in [1.165, 1.54) is 33.4 Å². The molecule has 4 rings (SSSR count). The Morgan fingerprint density at radius 2 is 0.862 bits per heavy atom. The predicted octanol–water partition coefficient (Wildman–Crippen LogP) is 1.28. The molecule has 0 aliphatic rings. The number of rotatable bonds is 4. The van der Waals surface area contributed by atoms with Crippen LogP contribution in [0.25, 0.3) is 22.3 Å². The molecule has 0 fully saturated rings. The Balaban J connectivity index is 0.000000490. The molecule has 0 unspecified atom stereocenters. The molecule has 3 heteroatoms. The van der Waals surface area contributed by atoms with Crippen molar-refractivity contribution in [3.63, 3.8) is 0 Å². The summed E-state index contributed by atoms with van der Waals surface area (Å²) in [5.74, 6) is 0. The Bertz CT molecular complexity index is 830. The van der Waals surface area contributed by atoms with Gasteiger partial charge in [0, 0.05) is 0 Å². The van der Waals surface area contributed by atoms with Crippen molar-refractivity contribution in [2.75, 3.05) is 0 Å². The summed E-state index contributed by atoms with van der Waals surface area (Å²) in [5, 5.41) is 0. The zero-order valence-electron chi connectivity index (χ0n) is 16.9. The van der Waals surface area contributed by atoms with Crippen LogP contribution in [-0.4, -0.2) is 0 Å². The fourth-order valence-electron chi connectivity index (χ4n) is 3.33. The molecule has 4 aromatic rings. The Kier molecular flexibility index (Phi) is 13.6. The molecule has 4 aromatic carbocycles. The molecule has 0 bridgehead atoms. The van der Waals surface area contributed by atoms with E-state index in [0.29, 0.717) is 0 Å². The summed E-state index contributed by atoms with van der Waals surface area (Å²) >= 11 is 0. The van der Waals surface area contributed by atoms with Crippen LogP contribution in [0.3, 0.4) is 0 Å². The van der Waals surface area contributed by atoms with Crippen molar-refractivity contribution < 1.29 is 46.5 Å². The van der Waals surface area contributed by atoms with Crippen molar-refractivity contribution in [3.8, 4) is 22.3 Å². The van der Waals surface area contributed by atoms with Crippen molar-refractivity contribution in [2.24, 2.45) is 0 Å². The summed E-state index contributed by atoms with van der Waals surface area (Å²) in [7, 11) is 0. The van der Waals surface area contributed by atoms with Gasteiger partial charge in [0.25, 0.3) is 0 Å². The van der Waals surface area contributed by atoms with Gasteiger partial charge in [0.05, 0.1) is 0 Å². The minimum atomic E-state index is 0. The monoisotopic (exact) mass is 456 g/mol. The summed E-state index contributed by atoms with van der Waals surface area (Å²) in [4.78, 5) is 0. The smallest absolute Gasteiger partial charge is 1.00 e. The SMILES string of the molecule is CCc1ccc[c-]1-c1ccccc1.CCc1ccc[c-]1-c1ccccc1.[Cl-].[Cl-].[Ti+4]. The van der Waals surface area contributed by atoms with Crippen LogP contribution in [0.15, 0.2) is 97.1 Å². The second kappa shape index (κ2) is 14.4. The fraction of sp³-hybridized carbons (Fsp3) is 0.154. The van der Waals surface area contributed by atoms with Crippen LogP contribution < -0.4 is 24.8 Å². The molecule has 148 valence electrons. The van der Waals surface area contributed by atoms with E-state index in [2.05, 4.69) is 111 Å². The van der Waals surface area contributed by atoms with Crippen LogP contribution in [0.2, 0.25) is 0 Å². The van der Waals surface area contributed by atoms with Crippen molar-refractivity contribution in [2.45, 2.75) is 26.7 Å². The Morgan fingerprint density at radius 1 is 0.517 bits per heavy atom. The van der Waals surface area contributed by atoms with Gasteiger partial charge in [-0.15, -0.1) is 70.8 Å². The maximum atomic E-state index is 2.20. The number of halogens is 2. The van der Waals surface area contributed by atoms with Crippen LogP contribution in [0, 0.1) is 0 Å². The molecule has 0 spiro atoms. The summed E-state index contributed by atoms with van der Waals surface area (Å²) < 4.78 is 0. The summed E-state index contributed by atoms with van der Waals surface area (Å²) in [5.41, 5.74) is 8.28. The second-order valence-corrected chi connectivity index (χ2v) is 6.37. The minimum absolute atomic E-state index is 0. The van der Waals surface area contributed by atoms with Gasteiger partial charge in [-0.25, -0.2) is 0 Å². The first-order chi connectivity index (χ1) is 12.8. The zero-order valence-corrected chi connectivity index (χ0v) is 20.0. The van der Waals surface area contributed by atoms with Gasteiger partial charge in [-0.2, -0.15) is 12.1 Å². The van der Waals surface area contributed by atoms with Gasteiger partial charge < -0.3 is 24.8 Å². The van der Waals surface area contributed by atoms with Gasteiger partial charge in [-0.1, -0.05) is 61.4 Å². The van der Waals surface area contributed by atoms with E-state index in [4.69, 9.17) is 0 Å². The van der Waals surface area contributed by atoms with E-state index >= 15 is 0 Å². The molecule has 0 nitrogen and oxygen atoms in total. The van der Waals surface area contributed by atoms with E-state index in [0.717, 1.165) is 12.8 Å². The number of hydrogen-bond acceptors (Lipinski definition) is 0. The normalized spacial score (nSPS) is 9.17. The topological polar surface area (TPSA) is 0 Å². The molecule has 0 saturated heterocycles. The van der Waals surface area contributed by atoms with E-state index < -0.39 is 0 Å². The largest absolute Gasteiger partial charge is 4.00 e. The van der Waals surface area contributed by atoms with Crippen LogP contribution in [0.1, 0.15) is 25.0 Å². The van der Waals surface area contributed by atoms with Crippen molar-refractivity contribution in [3.05, 3.63) is 108 Å². The van der Waals surface area contributed by atoms with Gasteiger partial charge in [-0.3, -0.25) is 0 Å². The molecule has 0 radical (unpaired) electrons. The van der Waals surface area contributed by atoms with Gasteiger partial charge in [0.2, 0.25) is 0 Å². The van der Waals surface area contributed by atoms with E-state index in [1.54, 1.807) is 0 Å². The molecule has 0 heterocycles. The van der Waals surface area contributed by atoms with Crippen molar-refractivity contribution in [1.29, 1.82) is 0 Å². The molecule has 0 atom stereocenters. The average Bonchev–Trinajstić information content (AvgIpc) is 3.39. The number of hydrogen-bond donors (Lipinski definition) is 0. The van der Waals surface area contributed by atoms with Crippen LogP contribution in [-0.2, 0) is 34.6 Å². The maximum Gasteiger partial charge on any atom is 4.00 e.